The highest BCUT2D eigenvalue weighted by molar-refractivity contribution is 5.95. The van der Waals surface area contributed by atoms with Crippen LogP contribution < -0.4 is 5.32 Å². The molecule has 1 rings (SSSR count). The Morgan fingerprint density at radius 1 is 1.78 bits per heavy atom. The van der Waals surface area contributed by atoms with E-state index in [9.17, 15) is 4.79 Å². The second kappa shape index (κ2) is 1.78. The molecule has 0 aromatic rings. The van der Waals surface area contributed by atoms with Crippen LogP contribution >= 0.6 is 0 Å². The van der Waals surface area contributed by atoms with E-state index in [1.54, 1.807) is 6.07 Å². The summed E-state index contributed by atoms with van der Waals surface area (Å²) in [7, 11) is 0. The molecule has 46 valence electrons. The minimum absolute atomic E-state index is 0.111. The third-order valence-corrected chi connectivity index (χ3v) is 1.06. The molecule has 0 saturated carbocycles. The van der Waals surface area contributed by atoms with Crippen LogP contribution in [0.4, 0.5) is 0 Å². The third-order valence-electron chi connectivity index (χ3n) is 1.06. The molecule has 0 atom stereocenters. The van der Waals surface area contributed by atoms with Crippen molar-refractivity contribution in [3.05, 3.63) is 11.3 Å². The summed E-state index contributed by atoms with van der Waals surface area (Å²) in [5.74, 6) is -1.01. The smallest absolute Gasteiger partial charge is 0.287 e. The molecule has 0 radical (unpaired) electrons. The van der Waals surface area contributed by atoms with E-state index < -0.39 is 11.7 Å². The molecule has 1 aliphatic heterocycles. The zero-order valence-electron chi connectivity index (χ0n) is 4.51. The van der Waals surface area contributed by atoms with E-state index in [0.717, 1.165) is 0 Å². The monoisotopic (exact) mass is 124 g/mol. The first-order valence-electron chi connectivity index (χ1n) is 2.36. The lowest BCUT2D eigenvalue weighted by Crippen LogP contribution is -2.17. The van der Waals surface area contributed by atoms with E-state index in [4.69, 9.17) is 10.4 Å². The molecule has 0 aliphatic carbocycles. The maximum atomic E-state index is 10.4. The Labute approximate surface area is 51.4 Å². The standard InChI is InChI=1S/C5H4N2O2/c6-1-3-2-7-5(9)4(3)8/h8H,2H2,(H,7,9). The van der Waals surface area contributed by atoms with Crippen molar-refractivity contribution < 1.29 is 9.90 Å². The lowest BCUT2D eigenvalue weighted by Gasteiger charge is -1.84. The molecule has 2 N–H and O–H groups in total. The summed E-state index contributed by atoms with van der Waals surface area (Å²) < 4.78 is 0. The lowest BCUT2D eigenvalue weighted by molar-refractivity contribution is -0.118. The van der Waals surface area contributed by atoms with Crippen LogP contribution in [0.5, 0.6) is 0 Å². The van der Waals surface area contributed by atoms with E-state index >= 15 is 0 Å². The number of rotatable bonds is 0. The van der Waals surface area contributed by atoms with Crippen molar-refractivity contribution in [3.8, 4) is 6.07 Å². The minimum atomic E-state index is -0.563. The van der Waals surface area contributed by atoms with Gasteiger partial charge in [0.05, 0.1) is 12.1 Å². The van der Waals surface area contributed by atoms with Gasteiger partial charge in [-0.15, -0.1) is 0 Å². The SMILES string of the molecule is N#CC1=C(O)C(=O)NC1. The molecule has 1 aliphatic rings. The lowest BCUT2D eigenvalue weighted by atomic mass is 10.3. The van der Waals surface area contributed by atoms with Crippen LogP contribution in [0.15, 0.2) is 11.3 Å². The largest absolute Gasteiger partial charge is 0.502 e. The molecule has 0 fully saturated rings. The number of amides is 1. The maximum Gasteiger partial charge on any atom is 0.287 e. The molecule has 0 aromatic carbocycles. The Bertz CT molecular complexity index is 224. The van der Waals surface area contributed by atoms with Gasteiger partial charge < -0.3 is 10.4 Å². The Kier molecular flexibility index (Phi) is 1.12. The van der Waals surface area contributed by atoms with Crippen molar-refractivity contribution in [2.75, 3.05) is 6.54 Å². The molecule has 0 bridgehead atoms. The normalized spacial score (nSPS) is 17.4. The van der Waals surface area contributed by atoms with Gasteiger partial charge in [0.2, 0.25) is 0 Å². The molecule has 4 heteroatoms. The summed E-state index contributed by atoms with van der Waals surface area (Å²) in [6, 6.07) is 1.69. The number of nitrogens with one attached hydrogen (secondary N) is 1. The van der Waals surface area contributed by atoms with Crippen LogP contribution in [0, 0.1) is 11.3 Å². The van der Waals surface area contributed by atoms with Crippen LogP contribution in [0.25, 0.3) is 0 Å². The molecule has 1 amide bonds. The van der Waals surface area contributed by atoms with E-state index in [1.807, 2.05) is 0 Å². The zero-order chi connectivity index (χ0) is 6.85. The van der Waals surface area contributed by atoms with Gasteiger partial charge in [-0.05, 0) is 0 Å². The topological polar surface area (TPSA) is 73.1 Å². The van der Waals surface area contributed by atoms with Crippen molar-refractivity contribution in [2.45, 2.75) is 0 Å². The first-order chi connectivity index (χ1) is 4.25. The minimum Gasteiger partial charge on any atom is -0.502 e. The first kappa shape index (κ1) is 5.63. The summed E-state index contributed by atoms with van der Waals surface area (Å²) in [4.78, 5) is 10.4. The average Bonchev–Trinajstić information content (AvgIpc) is 2.15. The number of nitrogens with zero attached hydrogens (tertiary/aromatic N) is 1. The van der Waals surface area contributed by atoms with Gasteiger partial charge in [-0.1, -0.05) is 0 Å². The van der Waals surface area contributed by atoms with Crippen LogP contribution in [-0.4, -0.2) is 17.6 Å². The first-order valence-corrected chi connectivity index (χ1v) is 2.36. The molecular formula is C5H4N2O2. The number of carbonyl (C=O) groups is 1. The van der Waals surface area contributed by atoms with Crippen molar-refractivity contribution in [1.82, 2.24) is 5.32 Å². The molecule has 0 spiro atoms. The third kappa shape index (κ3) is 0.722. The van der Waals surface area contributed by atoms with Crippen LogP contribution in [-0.2, 0) is 4.79 Å². The van der Waals surface area contributed by atoms with Gasteiger partial charge >= 0.3 is 0 Å². The summed E-state index contributed by atoms with van der Waals surface area (Å²) in [6.45, 7) is 0.154. The highest BCUT2D eigenvalue weighted by Crippen LogP contribution is 2.04. The van der Waals surface area contributed by atoms with Crippen LogP contribution in [0.3, 0.4) is 0 Å². The Morgan fingerprint density at radius 3 is 2.67 bits per heavy atom. The molecule has 0 unspecified atom stereocenters. The zero-order valence-corrected chi connectivity index (χ0v) is 4.51. The van der Waals surface area contributed by atoms with E-state index in [-0.39, 0.29) is 12.1 Å². The summed E-state index contributed by atoms with van der Waals surface area (Å²) in [5, 5.41) is 19.2. The molecule has 9 heavy (non-hydrogen) atoms. The maximum absolute atomic E-state index is 10.4. The van der Waals surface area contributed by atoms with Crippen molar-refractivity contribution in [3.63, 3.8) is 0 Å². The molecule has 0 saturated heterocycles. The van der Waals surface area contributed by atoms with Crippen molar-refractivity contribution in [1.29, 1.82) is 5.26 Å². The quantitative estimate of drug-likeness (QED) is 0.455. The molecule has 4 nitrogen and oxygen atoms in total. The van der Waals surface area contributed by atoms with Crippen LogP contribution in [0.1, 0.15) is 0 Å². The predicted octanol–water partition coefficient (Wildman–Crippen LogP) is -0.548. The van der Waals surface area contributed by atoms with Gasteiger partial charge in [0, 0.05) is 0 Å². The fourth-order valence-corrected chi connectivity index (χ4v) is 0.566. The number of hydrogen-bond acceptors (Lipinski definition) is 3. The second-order valence-electron chi connectivity index (χ2n) is 1.62. The van der Waals surface area contributed by atoms with Gasteiger partial charge in [-0.2, -0.15) is 5.26 Å². The van der Waals surface area contributed by atoms with E-state index in [0.29, 0.717) is 0 Å². The van der Waals surface area contributed by atoms with E-state index in [2.05, 4.69) is 5.32 Å². The van der Waals surface area contributed by atoms with Gasteiger partial charge in [0.15, 0.2) is 5.76 Å². The van der Waals surface area contributed by atoms with E-state index in [1.165, 1.54) is 0 Å². The number of hydrogen-bond donors (Lipinski definition) is 2. The summed E-state index contributed by atoms with van der Waals surface area (Å²) in [5.41, 5.74) is 0.111. The average molecular weight is 124 g/mol. The van der Waals surface area contributed by atoms with Gasteiger partial charge in [0.25, 0.3) is 5.91 Å². The second-order valence-corrected chi connectivity index (χ2v) is 1.62. The number of nitriles is 1. The van der Waals surface area contributed by atoms with Gasteiger partial charge in [-0.3, -0.25) is 4.79 Å². The highest BCUT2D eigenvalue weighted by Gasteiger charge is 2.20. The van der Waals surface area contributed by atoms with Crippen LogP contribution in [0.2, 0.25) is 0 Å². The summed E-state index contributed by atoms with van der Waals surface area (Å²) in [6.07, 6.45) is 0. The number of aliphatic hydroxyl groups excluding tert-OH is 1. The Hall–Kier alpha value is -1.50. The predicted molar refractivity (Wildman–Crippen MR) is 28.3 cm³/mol. The summed E-state index contributed by atoms with van der Waals surface area (Å²) >= 11 is 0. The number of aliphatic hydroxyl groups is 1. The van der Waals surface area contributed by atoms with Gasteiger partial charge in [0.1, 0.15) is 6.07 Å². The fraction of sp³-hybridized carbons (Fsp3) is 0.200. The molecule has 0 aromatic heterocycles. The number of carbonyl (C=O) groups excluding carboxylic acids is 1. The molecule has 1 heterocycles. The highest BCUT2D eigenvalue weighted by atomic mass is 16.3. The Morgan fingerprint density at radius 2 is 2.44 bits per heavy atom. The molecular weight excluding hydrogens is 120 g/mol. The van der Waals surface area contributed by atoms with Crippen molar-refractivity contribution in [2.24, 2.45) is 0 Å². The Balaban J connectivity index is 2.96. The fourth-order valence-electron chi connectivity index (χ4n) is 0.566. The van der Waals surface area contributed by atoms with Gasteiger partial charge in [-0.25, -0.2) is 0 Å². The van der Waals surface area contributed by atoms with Crippen molar-refractivity contribution >= 4 is 5.91 Å².